The average Bonchev–Trinajstić information content (AvgIpc) is 2.50. The molecule has 12 heavy (non-hydrogen) atoms. The molecule has 0 aromatic carbocycles. The zero-order chi connectivity index (χ0) is 8.81. The van der Waals surface area contributed by atoms with Crippen LogP contribution in [-0.4, -0.2) is 51.3 Å². The fourth-order valence-electron chi connectivity index (χ4n) is 1.80. The third-order valence-electron chi connectivity index (χ3n) is 2.47. The molecule has 1 aliphatic rings. The lowest BCUT2D eigenvalue weighted by molar-refractivity contribution is 0.118. The fourth-order valence-corrected chi connectivity index (χ4v) is 1.80. The second-order valence-corrected chi connectivity index (χ2v) is 3.33. The molecule has 0 spiro atoms. The highest BCUT2D eigenvalue weighted by atomic mass is 16.5. The van der Waals surface area contributed by atoms with Gasteiger partial charge in [-0.05, 0) is 25.9 Å². The van der Waals surface area contributed by atoms with E-state index in [1.54, 1.807) is 7.11 Å². The van der Waals surface area contributed by atoms with Gasteiger partial charge in [-0.25, -0.2) is 0 Å². The van der Waals surface area contributed by atoms with Crippen molar-refractivity contribution in [1.82, 2.24) is 4.90 Å². The third-order valence-corrected chi connectivity index (χ3v) is 2.47. The van der Waals surface area contributed by atoms with Crippen molar-refractivity contribution in [2.75, 3.05) is 40.4 Å². The molecule has 0 bridgehead atoms. The second kappa shape index (κ2) is 5.51. The maximum absolute atomic E-state index is 5.16. The summed E-state index contributed by atoms with van der Waals surface area (Å²) in [6.07, 6.45) is 2.61. The maximum atomic E-state index is 5.16. The topological polar surface area (TPSA) is 26.6 Å². The van der Waals surface area contributed by atoms with E-state index in [4.69, 9.17) is 4.74 Å². The van der Waals surface area contributed by atoms with Gasteiger partial charge in [0.25, 0.3) is 0 Å². The first-order valence-corrected chi connectivity index (χ1v) is 4.67. The van der Waals surface area contributed by atoms with E-state index in [9.17, 15) is 0 Å². The van der Waals surface area contributed by atoms with Gasteiger partial charge in [0.05, 0.1) is 6.61 Å². The number of ether oxygens (including phenoxy) is 1. The molecule has 0 aliphatic carbocycles. The maximum Gasteiger partial charge on any atom is 0.0618 e. The molecular formula is C9H19N2O-. The summed E-state index contributed by atoms with van der Waals surface area (Å²) in [5.74, 6) is 0. The Morgan fingerprint density at radius 3 is 3.08 bits per heavy atom. The SMILES string of the molecule is C[N-]CCN1CCC[C@@H]1COC. The number of methoxy groups -OCH3 is 1. The van der Waals surface area contributed by atoms with Crippen molar-refractivity contribution in [3.05, 3.63) is 5.32 Å². The van der Waals surface area contributed by atoms with E-state index in [1.165, 1.54) is 19.4 Å². The van der Waals surface area contributed by atoms with Gasteiger partial charge < -0.3 is 10.1 Å². The molecule has 0 amide bonds. The lowest BCUT2D eigenvalue weighted by Crippen LogP contribution is -2.34. The fraction of sp³-hybridized carbons (Fsp3) is 1.00. The molecule has 0 saturated carbocycles. The average molecular weight is 171 g/mol. The number of nitrogens with zero attached hydrogens (tertiary/aromatic N) is 2. The first-order chi connectivity index (χ1) is 5.88. The molecule has 1 saturated heterocycles. The van der Waals surface area contributed by atoms with Crippen LogP contribution in [0, 0.1) is 0 Å². The van der Waals surface area contributed by atoms with Crippen LogP contribution in [0.15, 0.2) is 0 Å². The highest BCUT2D eigenvalue weighted by molar-refractivity contribution is 4.82. The molecule has 0 aromatic heterocycles. The lowest BCUT2D eigenvalue weighted by Gasteiger charge is -2.26. The Morgan fingerprint density at radius 1 is 1.58 bits per heavy atom. The van der Waals surface area contributed by atoms with Crippen molar-refractivity contribution in [2.45, 2.75) is 18.9 Å². The minimum atomic E-state index is 0.650. The van der Waals surface area contributed by atoms with Crippen molar-refractivity contribution in [2.24, 2.45) is 0 Å². The van der Waals surface area contributed by atoms with E-state index >= 15 is 0 Å². The number of hydrogen-bond acceptors (Lipinski definition) is 2. The van der Waals surface area contributed by atoms with Crippen molar-refractivity contribution in [3.63, 3.8) is 0 Å². The first kappa shape index (κ1) is 9.96. The van der Waals surface area contributed by atoms with Crippen molar-refractivity contribution in [3.8, 4) is 0 Å². The van der Waals surface area contributed by atoms with Crippen LogP contribution < -0.4 is 0 Å². The summed E-state index contributed by atoms with van der Waals surface area (Å²) in [7, 11) is 3.65. The van der Waals surface area contributed by atoms with E-state index in [1.807, 2.05) is 7.05 Å². The van der Waals surface area contributed by atoms with Gasteiger partial charge in [-0.2, -0.15) is 7.05 Å². The molecule has 0 radical (unpaired) electrons. The van der Waals surface area contributed by atoms with Crippen LogP contribution in [0.2, 0.25) is 0 Å². The summed E-state index contributed by atoms with van der Waals surface area (Å²) in [6, 6.07) is 0.650. The van der Waals surface area contributed by atoms with Gasteiger partial charge in [0.15, 0.2) is 0 Å². The molecule has 3 heteroatoms. The molecule has 1 heterocycles. The largest absolute Gasteiger partial charge is 0.664 e. The lowest BCUT2D eigenvalue weighted by atomic mass is 10.2. The van der Waals surface area contributed by atoms with Gasteiger partial charge >= 0.3 is 0 Å². The van der Waals surface area contributed by atoms with Crippen LogP contribution in [0.25, 0.3) is 5.32 Å². The summed E-state index contributed by atoms with van der Waals surface area (Å²) in [5.41, 5.74) is 0. The minimum Gasteiger partial charge on any atom is -0.664 e. The van der Waals surface area contributed by atoms with Gasteiger partial charge in [0.1, 0.15) is 0 Å². The Balaban J connectivity index is 2.20. The standard InChI is InChI=1S/C9H19N2O/c1-10-5-7-11-6-3-4-9(11)8-12-2/h9H,3-8H2,1-2H3/q-1/t9-/m1/s1. The summed E-state index contributed by atoms with van der Waals surface area (Å²) in [5, 5.41) is 4.11. The van der Waals surface area contributed by atoms with Crippen molar-refractivity contribution < 1.29 is 4.74 Å². The number of likely N-dealkylation sites (N-methyl/N-ethyl adjacent to an activating group) is 1. The van der Waals surface area contributed by atoms with Crippen molar-refractivity contribution in [1.29, 1.82) is 0 Å². The summed E-state index contributed by atoms with van der Waals surface area (Å²) in [6.45, 7) is 4.16. The first-order valence-electron chi connectivity index (χ1n) is 4.67. The highest BCUT2D eigenvalue weighted by Gasteiger charge is 2.22. The molecule has 3 nitrogen and oxygen atoms in total. The Labute approximate surface area is 75.1 Å². The smallest absolute Gasteiger partial charge is 0.0618 e. The Kier molecular flexibility index (Phi) is 4.58. The second-order valence-electron chi connectivity index (χ2n) is 3.33. The highest BCUT2D eigenvalue weighted by Crippen LogP contribution is 2.16. The number of rotatable bonds is 5. The van der Waals surface area contributed by atoms with Gasteiger partial charge in [-0.1, -0.05) is 0 Å². The predicted octanol–water partition coefficient (Wildman–Crippen LogP) is 1.10. The van der Waals surface area contributed by atoms with E-state index in [0.29, 0.717) is 6.04 Å². The predicted molar refractivity (Wildman–Crippen MR) is 50.6 cm³/mol. The van der Waals surface area contributed by atoms with E-state index in [0.717, 1.165) is 19.7 Å². The molecule has 0 unspecified atom stereocenters. The van der Waals surface area contributed by atoms with E-state index in [2.05, 4.69) is 10.2 Å². The van der Waals surface area contributed by atoms with Gasteiger partial charge in [0, 0.05) is 13.2 Å². The Bertz CT molecular complexity index is 119. The molecule has 1 atom stereocenters. The van der Waals surface area contributed by atoms with E-state index < -0.39 is 0 Å². The molecule has 1 aliphatic heterocycles. The summed E-state index contributed by atoms with van der Waals surface area (Å²) < 4.78 is 5.16. The van der Waals surface area contributed by atoms with E-state index in [-0.39, 0.29) is 0 Å². The van der Waals surface area contributed by atoms with Gasteiger partial charge in [-0.3, -0.25) is 4.90 Å². The van der Waals surface area contributed by atoms with Crippen LogP contribution in [0.3, 0.4) is 0 Å². The minimum absolute atomic E-state index is 0.650. The summed E-state index contributed by atoms with van der Waals surface area (Å²) >= 11 is 0. The molecule has 0 aromatic rings. The van der Waals surface area contributed by atoms with Crippen molar-refractivity contribution >= 4 is 0 Å². The number of likely N-dealkylation sites (tertiary alicyclic amines) is 1. The zero-order valence-corrected chi connectivity index (χ0v) is 8.12. The number of hydrogen-bond donors (Lipinski definition) is 0. The van der Waals surface area contributed by atoms with Gasteiger partial charge in [0.2, 0.25) is 0 Å². The normalized spacial score (nSPS) is 25.0. The van der Waals surface area contributed by atoms with Crippen LogP contribution in [0.5, 0.6) is 0 Å². The quantitative estimate of drug-likeness (QED) is 0.619. The third kappa shape index (κ3) is 2.73. The Morgan fingerprint density at radius 2 is 2.42 bits per heavy atom. The van der Waals surface area contributed by atoms with Gasteiger partial charge in [-0.15, -0.1) is 6.54 Å². The monoisotopic (exact) mass is 171 g/mol. The zero-order valence-electron chi connectivity index (χ0n) is 8.12. The Hall–Kier alpha value is -0.120. The van der Waals surface area contributed by atoms with Crippen LogP contribution in [-0.2, 0) is 4.74 Å². The van der Waals surface area contributed by atoms with Crippen LogP contribution >= 0.6 is 0 Å². The summed E-state index contributed by atoms with van der Waals surface area (Å²) in [4.78, 5) is 2.48. The molecule has 1 rings (SSSR count). The van der Waals surface area contributed by atoms with Crippen LogP contribution in [0.1, 0.15) is 12.8 Å². The molecular weight excluding hydrogens is 152 g/mol. The van der Waals surface area contributed by atoms with Crippen LogP contribution in [0.4, 0.5) is 0 Å². The molecule has 1 fully saturated rings. The molecule has 0 N–H and O–H groups in total. The molecule has 72 valence electrons.